The van der Waals surface area contributed by atoms with Gasteiger partial charge in [0.15, 0.2) is 5.70 Å². The number of hydrogen-bond acceptors (Lipinski definition) is 3. The second kappa shape index (κ2) is 5.43. The summed E-state index contributed by atoms with van der Waals surface area (Å²) in [5.74, 6) is -0.107. The molecule has 0 unspecified atom stereocenters. The molecule has 20 heavy (non-hydrogen) atoms. The third-order valence-electron chi connectivity index (χ3n) is 2.83. The van der Waals surface area contributed by atoms with Gasteiger partial charge in [-0.3, -0.25) is 0 Å². The summed E-state index contributed by atoms with van der Waals surface area (Å²) < 4.78 is 6.07. The van der Waals surface area contributed by atoms with Crippen LogP contribution in [0.25, 0.3) is 6.08 Å². The van der Waals surface area contributed by atoms with Gasteiger partial charge in [0.1, 0.15) is 0 Å². The second-order valence-corrected chi connectivity index (χ2v) is 5.08. The summed E-state index contributed by atoms with van der Waals surface area (Å²) in [5.41, 5.74) is 1.98. The van der Waals surface area contributed by atoms with E-state index in [0.29, 0.717) is 11.6 Å². The molecule has 0 N–H and O–H groups in total. The highest BCUT2D eigenvalue weighted by Gasteiger charge is 2.25. The Balaban J connectivity index is 1.98. The number of benzene rings is 2. The summed E-state index contributed by atoms with van der Waals surface area (Å²) in [5, 5.41) is 0. The van der Waals surface area contributed by atoms with Gasteiger partial charge in [-0.15, -0.1) is 0 Å². The first kappa shape index (κ1) is 12.8. The van der Waals surface area contributed by atoms with E-state index < -0.39 is 5.97 Å². The monoisotopic (exact) mass is 327 g/mol. The van der Waals surface area contributed by atoms with Crippen LogP contribution in [-0.2, 0) is 9.53 Å². The molecule has 0 saturated carbocycles. The highest BCUT2D eigenvalue weighted by molar-refractivity contribution is 9.10. The van der Waals surface area contributed by atoms with Crippen molar-refractivity contribution < 1.29 is 9.53 Å². The third kappa shape index (κ3) is 2.56. The van der Waals surface area contributed by atoms with E-state index in [1.807, 2.05) is 54.6 Å². The molecule has 0 aliphatic carbocycles. The van der Waals surface area contributed by atoms with Crippen molar-refractivity contribution in [1.29, 1.82) is 0 Å². The number of hydrogen-bond donors (Lipinski definition) is 0. The second-order valence-electron chi connectivity index (χ2n) is 4.23. The Kier molecular flexibility index (Phi) is 3.48. The van der Waals surface area contributed by atoms with Crippen molar-refractivity contribution >= 4 is 33.9 Å². The smallest absolute Gasteiger partial charge is 0.363 e. The van der Waals surface area contributed by atoms with Gasteiger partial charge in [0.25, 0.3) is 0 Å². The molecule has 0 bridgehead atoms. The predicted octanol–water partition coefficient (Wildman–Crippen LogP) is 3.79. The van der Waals surface area contributed by atoms with Crippen LogP contribution in [0.5, 0.6) is 0 Å². The Morgan fingerprint density at radius 2 is 1.70 bits per heavy atom. The minimum atomic E-state index is -0.431. The predicted molar refractivity (Wildman–Crippen MR) is 81.2 cm³/mol. The van der Waals surface area contributed by atoms with E-state index in [9.17, 15) is 4.79 Å². The van der Waals surface area contributed by atoms with Crippen LogP contribution in [0.1, 0.15) is 11.1 Å². The van der Waals surface area contributed by atoms with Gasteiger partial charge in [0.05, 0.1) is 5.56 Å². The number of halogens is 1. The normalized spacial score (nSPS) is 16.1. The fraction of sp³-hybridized carbons (Fsp3) is 0. The molecule has 0 saturated heterocycles. The van der Waals surface area contributed by atoms with Crippen molar-refractivity contribution in [2.24, 2.45) is 4.99 Å². The average Bonchev–Trinajstić information content (AvgIpc) is 2.81. The lowest BCUT2D eigenvalue weighted by Gasteiger charge is -2.01. The molecule has 98 valence electrons. The largest absolute Gasteiger partial charge is 0.402 e. The van der Waals surface area contributed by atoms with Crippen molar-refractivity contribution in [1.82, 2.24) is 0 Å². The van der Waals surface area contributed by atoms with Crippen molar-refractivity contribution in [3.63, 3.8) is 0 Å². The SMILES string of the molecule is O=C1OC(c2ccccc2Br)=N/C1=C/c1ccccc1. The molecule has 0 aromatic heterocycles. The summed E-state index contributed by atoms with van der Waals surface area (Å²) in [6, 6.07) is 17.0. The van der Waals surface area contributed by atoms with E-state index in [4.69, 9.17) is 4.74 Å². The maximum Gasteiger partial charge on any atom is 0.363 e. The first-order valence-electron chi connectivity index (χ1n) is 6.06. The molecular formula is C16H10BrNO2. The van der Waals surface area contributed by atoms with Gasteiger partial charge in [-0.25, -0.2) is 9.79 Å². The van der Waals surface area contributed by atoms with Gasteiger partial charge >= 0.3 is 5.97 Å². The van der Waals surface area contributed by atoms with Crippen LogP contribution in [0.2, 0.25) is 0 Å². The summed E-state index contributed by atoms with van der Waals surface area (Å²) in [6.45, 7) is 0. The van der Waals surface area contributed by atoms with Gasteiger partial charge in [-0.1, -0.05) is 42.5 Å². The summed E-state index contributed by atoms with van der Waals surface area (Å²) >= 11 is 3.42. The van der Waals surface area contributed by atoms with E-state index in [-0.39, 0.29) is 0 Å². The summed E-state index contributed by atoms with van der Waals surface area (Å²) in [4.78, 5) is 16.1. The van der Waals surface area contributed by atoms with E-state index >= 15 is 0 Å². The maximum atomic E-state index is 11.9. The van der Waals surface area contributed by atoms with Gasteiger partial charge in [0, 0.05) is 4.47 Å². The molecular weight excluding hydrogens is 318 g/mol. The fourth-order valence-electron chi connectivity index (χ4n) is 1.87. The number of nitrogens with zero attached hydrogens (tertiary/aromatic N) is 1. The lowest BCUT2D eigenvalue weighted by atomic mass is 10.2. The molecule has 2 aromatic carbocycles. The van der Waals surface area contributed by atoms with Crippen molar-refractivity contribution in [3.8, 4) is 0 Å². The molecule has 0 spiro atoms. The highest BCUT2D eigenvalue weighted by atomic mass is 79.9. The Morgan fingerprint density at radius 3 is 2.45 bits per heavy atom. The number of ether oxygens (including phenoxy) is 1. The van der Waals surface area contributed by atoms with Gasteiger partial charge in [-0.05, 0) is 39.7 Å². The van der Waals surface area contributed by atoms with Crippen LogP contribution >= 0.6 is 15.9 Å². The first-order chi connectivity index (χ1) is 9.74. The molecule has 1 aliphatic rings. The zero-order valence-corrected chi connectivity index (χ0v) is 12.0. The van der Waals surface area contributed by atoms with E-state index in [1.165, 1.54) is 0 Å². The molecule has 0 fully saturated rings. The summed E-state index contributed by atoms with van der Waals surface area (Å²) in [6.07, 6.45) is 1.71. The van der Waals surface area contributed by atoms with Crippen molar-refractivity contribution in [3.05, 3.63) is 75.9 Å². The summed E-state index contributed by atoms with van der Waals surface area (Å²) in [7, 11) is 0. The number of rotatable bonds is 2. The van der Waals surface area contributed by atoms with E-state index in [2.05, 4.69) is 20.9 Å². The van der Waals surface area contributed by atoms with Crippen LogP contribution in [0.4, 0.5) is 0 Å². The number of aliphatic imine (C=N–C) groups is 1. The maximum absolute atomic E-state index is 11.9. The third-order valence-corrected chi connectivity index (χ3v) is 3.52. The molecule has 2 aromatic rings. The number of carbonyl (C=O) groups excluding carboxylic acids is 1. The van der Waals surface area contributed by atoms with Gasteiger partial charge in [-0.2, -0.15) is 0 Å². The molecule has 1 aliphatic heterocycles. The molecule has 3 rings (SSSR count). The molecule has 4 heteroatoms. The standard InChI is InChI=1S/C16H10BrNO2/c17-13-9-5-4-8-12(13)15-18-14(16(19)20-15)10-11-6-2-1-3-7-11/h1-10H/b14-10+. The van der Waals surface area contributed by atoms with Crippen LogP contribution in [0.3, 0.4) is 0 Å². The minimum Gasteiger partial charge on any atom is -0.402 e. The average molecular weight is 328 g/mol. The topological polar surface area (TPSA) is 38.7 Å². The minimum absolute atomic E-state index is 0.307. The van der Waals surface area contributed by atoms with Crippen molar-refractivity contribution in [2.45, 2.75) is 0 Å². The Bertz CT molecular complexity index is 720. The van der Waals surface area contributed by atoms with Gasteiger partial charge in [0.2, 0.25) is 5.90 Å². The number of cyclic esters (lactones) is 1. The molecule has 0 amide bonds. The lowest BCUT2D eigenvalue weighted by Crippen LogP contribution is -2.05. The lowest BCUT2D eigenvalue weighted by molar-refractivity contribution is -0.129. The fourth-order valence-corrected chi connectivity index (χ4v) is 2.32. The quantitative estimate of drug-likeness (QED) is 0.621. The number of esters is 1. The molecule has 0 atom stereocenters. The number of carbonyl (C=O) groups is 1. The first-order valence-corrected chi connectivity index (χ1v) is 6.86. The zero-order chi connectivity index (χ0) is 13.9. The Hall–Kier alpha value is -2.20. The molecule has 0 radical (unpaired) electrons. The highest BCUT2D eigenvalue weighted by Crippen LogP contribution is 2.23. The van der Waals surface area contributed by atoms with Crippen LogP contribution in [0.15, 0.2) is 69.8 Å². The Labute approximate surface area is 124 Å². The van der Waals surface area contributed by atoms with Crippen LogP contribution < -0.4 is 0 Å². The van der Waals surface area contributed by atoms with E-state index in [0.717, 1.165) is 15.6 Å². The zero-order valence-electron chi connectivity index (χ0n) is 10.4. The van der Waals surface area contributed by atoms with Crippen LogP contribution in [0, 0.1) is 0 Å². The molecule has 1 heterocycles. The molecule has 3 nitrogen and oxygen atoms in total. The van der Waals surface area contributed by atoms with Gasteiger partial charge < -0.3 is 4.74 Å². The van der Waals surface area contributed by atoms with E-state index in [1.54, 1.807) is 6.08 Å². The van der Waals surface area contributed by atoms with Crippen LogP contribution in [-0.4, -0.2) is 11.9 Å². The Morgan fingerprint density at radius 1 is 1.00 bits per heavy atom. The van der Waals surface area contributed by atoms with Crippen molar-refractivity contribution in [2.75, 3.05) is 0 Å².